The molecule has 5 amide bonds. The first-order valence-electron chi connectivity index (χ1n) is 15.5. The summed E-state index contributed by atoms with van der Waals surface area (Å²) in [6, 6.07) is 12.2. The van der Waals surface area contributed by atoms with E-state index >= 15 is 0 Å². The molecule has 4 bridgehead atoms. The number of benzene rings is 2. The molecule has 1 unspecified atom stereocenters. The summed E-state index contributed by atoms with van der Waals surface area (Å²) in [6.45, 7) is 0.780. The van der Waals surface area contributed by atoms with Gasteiger partial charge in [0.1, 0.15) is 6.04 Å². The van der Waals surface area contributed by atoms with E-state index in [0.717, 1.165) is 44.2 Å². The summed E-state index contributed by atoms with van der Waals surface area (Å²) in [5, 5.41) is 6.55. The summed E-state index contributed by atoms with van der Waals surface area (Å²) in [7, 11) is 0. The Morgan fingerprint density at radius 2 is 1.73 bits per heavy atom. The maximum atomic E-state index is 13.4. The lowest BCUT2D eigenvalue weighted by Crippen LogP contribution is -2.54. The second-order valence-electron chi connectivity index (χ2n) is 13.5. The largest absolute Gasteiger partial charge is 0.351 e. The number of fused-ring (bicyclic) bond motifs is 2. The van der Waals surface area contributed by atoms with Crippen LogP contribution in [0.25, 0.3) is 10.1 Å². The first-order valence-corrected chi connectivity index (χ1v) is 17.3. The van der Waals surface area contributed by atoms with Gasteiger partial charge in [0, 0.05) is 38.8 Å². The van der Waals surface area contributed by atoms with Crippen molar-refractivity contribution >= 4 is 62.7 Å². The van der Waals surface area contributed by atoms with Crippen LogP contribution < -0.4 is 10.6 Å². The molecule has 1 atom stereocenters. The number of thiophene rings is 1. The van der Waals surface area contributed by atoms with Crippen LogP contribution in [0.1, 0.15) is 87.3 Å². The third-order valence-electron chi connectivity index (χ3n) is 10.4. The fraction of sp³-hybridized carbons (Fsp3) is 0.441. The molecule has 226 valence electrons. The molecule has 8 nitrogen and oxygen atoms in total. The number of hydrogen-bond acceptors (Lipinski definition) is 7. The monoisotopic (exact) mass is 627 g/mol. The van der Waals surface area contributed by atoms with E-state index in [-0.39, 0.29) is 24.3 Å². The Labute approximate surface area is 263 Å². The number of thioether (sulfide) groups is 1. The van der Waals surface area contributed by atoms with Gasteiger partial charge in [0.2, 0.25) is 11.8 Å². The van der Waals surface area contributed by atoms with E-state index < -0.39 is 29.7 Å². The predicted molar refractivity (Wildman–Crippen MR) is 167 cm³/mol. The first-order chi connectivity index (χ1) is 21.2. The number of piperidine rings is 1. The molecule has 3 aromatic rings. The lowest BCUT2D eigenvalue weighted by Gasteiger charge is -2.56. The van der Waals surface area contributed by atoms with Crippen molar-refractivity contribution in [2.75, 3.05) is 6.54 Å². The minimum atomic E-state index is -0.987. The summed E-state index contributed by atoms with van der Waals surface area (Å²) in [6.07, 6.45) is 8.20. The van der Waals surface area contributed by atoms with E-state index in [1.54, 1.807) is 23.5 Å². The number of rotatable bonds is 7. The molecule has 2 aromatic carbocycles. The highest BCUT2D eigenvalue weighted by atomic mass is 32.2. The first kappa shape index (κ1) is 28.0. The average molecular weight is 628 g/mol. The summed E-state index contributed by atoms with van der Waals surface area (Å²) >= 11 is 3.12. The Balaban J connectivity index is 0.946. The molecule has 4 saturated carbocycles. The molecular weight excluding hydrogens is 595 g/mol. The third-order valence-corrected chi connectivity index (χ3v) is 12.8. The van der Waals surface area contributed by atoms with Crippen molar-refractivity contribution in [3.8, 4) is 0 Å². The van der Waals surface area contributed by atoms with E-state index in [2.05, 4.69) is 16.7 Å². The Bertz CT molecular complexity index is 1730. The second kappa shape index (κ2) is 10.5. The van der Waals surface area contributed by atoms with Crippen molar-refractivity contribution in [1.29, 1.82) is 0 Å². The zero-order valence-electron chi connectivity index (χ0n) is 24.2. The zero-order chi connectivity index (χ0) is 30.2. The van der Waals surface area contributed by atoms with Gasteiger partial charge in [0.05, 0.1) is 11.1 Å². The van der Waals surface area contributed by atoms with Crippen LogP contribution in [0.3, 0.4) is 0 Å². The number of hydrogen-bond donors (Lipinski definition) is 2. The van der Waals surface area contributed by atoms with Gasteiger partial charge in [-0.05, 0) is 110 Å². The third kappa shape index (κ3) is 4.77. The normalized spacial score (nSPS) is 29.0. The van der Waals surface area contributed by atoms with Crippen LogP contribution in [-0.4, -0.2) is 47.0 Å². The van der Waals surface area contributed by atoms with E-state index in [9.17, 15) is 24.0 Å². The van der Waals surface area contributed by atoms with Crippen molar-refractivity contribution in [2.24, 2.45) is 23.2 Å². The van der Waals surface area contributed by atoms with Gasteiger partial charge in [-0.25, -0.2) is 0 Å². The fourth-order valence-corrected chi connectivity index (χ4v) is 11.1. The highest BCUT2D eigenvalue weighted by molar-refractivity contribution is 7.98. The molecule has 0 radical (unpaired) electrons. The maximum Gasteiger partial charge on any atom is 0.263 e. The molecular formula is C34H33N3O5S2. The molecule has 4 aliphatic carbocycles. The molecule has 2 N–H and O–H groups in total. The van der Waals surface area contributed by atoms with Crippen LogP contribution in [0.5, 0.6) is 0 Å². The van der Waals surface area contributed by atoms with E-state index in [0.29, 0.717) is 27.2 Å². The molecule has 10 heteroatoms. The number of nitrogens with one attached hydrogen (secondary N) is 2. The Morgan fingerprint density at radius 1 is 0.977 bits per heavy atom. The Kier molecular flexibility index (Phi) is 6.71. The van der Waals surface area contributed by atoms with Gasteiger partial charge >= 0.3 is 0 Å². The minimum Gasteiger partial charge on any atom is -0.351 e. The average Bonchev–Trinajstić information content (AvgIpc) is 3.52. The van der Waals surface area contributed by atoms with Gasteiger partial charge in [-0.3, -0.25) is 34.2 Å². The van der Waals surface area contributed by atoms with Crippen molar-refractivity contribution in [1.82, 2.24) is 15.5 Å². The molecule has 6 aliphatic rings. The Morgan fingerprint density at radius 3 is 2.45 bits per heavy atom. The quantitative estimate of drug-likeness (QED) is 0.263. The molecule has 0 spiro atoms. The van der Waals surface area contributed by atoms with Crippen LogP contribution in [-0.2, 0) is 15.3 Å². The minimum absolute atomic E-state index is 0.00614. The second-order valence-corrected chi connectivity index (χ2v) is 15.7. The van der Waals surface area contributed by atoms with Crippen LogP contribution in [0, 0.1) is 23.2 Å². The van der Waals surface area contributed by atoms with Gasteiger partial charge in [0.25, 0.3) is 17.7 Å². The predicted octanol–water partition coefficient (Wildman–Crippen LogP) is 5.54. The van der Waals surface area contributed by atoms with Crippen LogP contribution in [0.4, 0.5) is 0 Å². The van der Waals surface area contributed by atoms with Gasteiger partial charge in [-0.1, -0.05) is 6.07 Å². The molecule has 2 aliphatic heterocycles. The molecule has 1 aromatic heterocycles. The maximum absolute atomic E-state index is 13.4. The lowest BCUT2D eigenvalue weighted by atomic mass is 9.49. The van der Waals surface area contributed by atoms with E-state index in [4.69, 9.17) is 0 Å². The SMILES string of the molecule is O=C1CCC(N2C(=O)c3cccc(SCc4cc5cc(C(=O)NCC67CC8CC(CC(C8)C6)C7)ccc5s4)c3C2=O)C(=O)N1. The van der Waals surface area contributed by atoms with E-state index in [1.807, 2.05) is 24.3 Å². The van der Waals surface area contributed by atoms with Gasteiger partial charge < -0.3 is 5.32 Å². The molecule has 9 rings (SSSR count). The molecule has 5 fully saturated rings. The molecule has 1 saturated heterocycles. The van der Waals surface area contributed by atoms with Crippen LogP contribution in [0.2, 0.25) is 0 Å². The number of nitrogens with zero attached hydrogens (tertiary/aromatic N) is 1. The number of amides is 5. The standard InChI is InChI=1S/C34H33N3O5S2/c38-28-7-5-25(31(40)36-28)37-32(41)24-2-1-3-27(29(24)33(37)42)43-16-23-12-22-11-21(4-6-26(22)44-23)30(39)35-17-34-13-18-8-19(14-34)10-20(9-18)15-34/h1-4,6,11-12,18-20,25H,5,7-10,13-17H2,(H,35,39)(H,36,38,40). The highest BCUT2D eigenvalue weighted by Gasteiger charge is 2.51. The number of imide groups is 2. The van der Waals surface area contributed by atoms with Crippen molar-refractivity contribution < 1.29 is 24.0 Å². The summed E-state index contributed by atoms with van der Waals surface area (Å²) < 4.78 is 1.09. The van der Waals surface area contributed by atoms with Crippen molar-refractivity contribution in [2.45, 2.75) is 68.1 Å². The van der Waals surface area contributed by atoms with Gasteiger partial charge in [0.15, 0.2) is 0 Å². The molecule has 3 heterocycles. The topological polar surface area (TPSA) is 113 Å². The number of carbonyl (C=O) groups is 5. The van der Waals surface area contributed by atoms with Crippen LogP contribution in [0.15, 0.2) is 47.4 Å². The Hall–Kier alpha value is -3.50. The fourth-order valence-electron chi connectivity index (χ4n) is 8.94. The lowest BCUT2D eigenvalue weighted by molar-refractivity contribution is -0.136. The molecule has 44 heavy (non-hydrogen) atoms. The highest BCUT2D eigenvalue weighted by Crippen LogP contribution is 2.59. The number of carbonyl (C=O) groups excluding carboxylic acids is 5. The van der Waals surface area contributed by atoms with Gasteiger partial charge in [-0.2, -0.15) is 0 Å². The van der Waals surface area contributed by atoms with E-state index in [1.165, 1.54) is 50.3 Å². The summed E-state index contributed by atoms with van der Waals surface area (Å²) in [5.74, 6) is 1.14. The summed E-state index contributed by atoms with van der Waals surface area (Å²) in [4.78, 5) is 66.6. The van der Waals surface area contributed by atoms with Crippen LogP contribution >= 0.6 is 23.1 Å². The van der Waals surface area contributed by atoms with Crippen molar-refractivity contribution in [3.63, 3.8) is 0 Å². The van der Waals surface area contributed by atoms with Crippen molar-refractivity contribution in [3.05, 3.63) is 64.0 Å². The summed E-state index contributed by atoms with van der Waals surface area (Å²) in [5.41, 5.74) is 1.57. The smallest absolute Gasteiger partial charge is 0.263 e. The zero-order valence-corrected chi connectivity index (χ0v) is 25.9. The van der Waals surface area contributed by atoms with Gasteiger partial charge in [-0.15, -0.1) is 23.1 Å².